The molecule has 26 heavy (non-hydrogen) atoms. The largest absolute Gasteiger partial charge is 0.352 e. The van der Waals surface area contributed by atoms with Crippen molar-refractivity contribution in [1.29, 1.82) is 0 Å². The third-order valence-corrected chi connectivity index (χ3v) is 4.90. The van der Waals surface area contributed by atoms with Gasteiger partial charge in [-0.05, 0) is 49.6 Å². The van der Waals surface area contributed by atoms with E-state index in [-0.39, 0.29) is 11.8 Å². The van der Waals surface area contributed by atoms with Crippen molar-refractivity contribution >= 4 is 17.5 Å². The predicted molar refractivity (Wildman–Crippen MR) is 98.7 cm³/mol. The average molecular weight is 350 g/mol. The molecule has 1 unspecified atom stereocenters. The molecule has 0 bridgehead atoms. The lowest BCUT2D eigenvalue weighted by atomic mass is 9.97. The zero-order valence-electron chi connectivity index (χ0n) is 14.8. The van der Waals surface area contributed by atoms with Crippen LogP contribution in [0.4, 0.5) is 5.95 Å². The van der Waals surface area contributed by atoms with Crippen LogP contribution < -0.4 is 10.2 Å². The van der Waals surface area contributed by atoms with E-state index < -0.39 is 0 Å². The summed E-state index contributed by atoms with van der Waals surface area (Å²) < 4.78 is 2.05. The number of carbonyl (C=O) groups excluding carboxylic acids is 1. The number of aromatic nitrogens is 4. The first kappa shape index (κ1) is 16.5. The Labute approximate surface area is 152 Å². The van der Waals surface area contributed by atoms with Gasteiger partial charge in [-0.15, -0.1) is 10.2 Å². The lowest BCUT2D eigenvalue weighted by Gasteiger charge is -2.32. The quantitative estimate of drug-likeness (QED) is 0.778. The van der Waals surface area contributed by atoms with E-state index in [0.29, 0.717) is 13.1 Å². The molecule has 4 rings (SSSR count). The topological polar surface area (TPSA) is 75.4 Å². The van der Waals surface area contributed by atoms with E-state index in [2.05, 4.69) is 29.8 Å². The number of hydrogen-bond donors (Lipinski definition) is 1. The molecule has 0 saturated carbocycles. The first-order valence-electron chi connectivity index (χ1n) is 8.94. The number of anilines is 1. The maximum absolute atomic E-state index is 12.6. The normalized spacial score (nSPS) is 17.4. The molecular weight excluding hydrogens is 328 g/mol. The lowest BCUT2D eigenvalue weighted by Crippen LogP contribution is -2.43. The second-order valence-corrected chi connectivity index (χ2v) is 6.72. The first-order valence-corrected chi connectivity index (χ1v) is 8.94. The number of aryl methyl sites for hydroxylation is 1. The molecule has 1 atom stereocenters. The van der Waals surface area contributed by atoms with E-state index in [0.717, 1.165) is 42.2 Å². The van der Waals surface area contributed by atoms with Crippen LogP contribution in [0.3, 0.4) is 0 Å². The zero-order valence-corrected chi connectivity index (χ0v) is 14.8. The molecule has 134 valence electrons. The molecule has 4 heterocycles. The van der Waals surface area contributed by atoms with Crippen LogP contribution in [0.2, 0.25) is 0 Å². The monoisotopic (exact) mass is 350 g/mol. The van der Waals surface area contributed by atoms with E-state index in [1.807, 2.05) is 37.3 Å². The fraction of sp³-hybridized carbons (Fsp3) is 0.368. The number of rotatable bonds is 4. The van der Waals surface area contributed by atoms with Crippen molar-refractivity contribution < 1.29 is 4.79 Å². The number of piperidine rings is 1. The third kappa shape index (κ3) is 3.24. The van der Waals surface area contributed by atoms with Crippen molar-refractivity contribution in [2.75, 3.05) is 18.0 Å². The Kier molecular flexibility index (Phi) is 4.51. The molecule has 3 aromatic rings. The Bertz CT molecular complexity index is 907. The van der Waals surface area contributed by atoms with Crippen molar-refractivity contribution in [3.05, 3.63) is 54.0 Å². The van der Waals surface area contributed by atoms with E-state index >= 15 is 0 Å². The summed E-state index contributed by atoms with van der Waals surface area (Å²) in [7, 11) is 0. The second kappa shape index (κ2) is 7.11. The average Bonchev–Trinajstić information content (AvgIpc) is 3.13. The van der Waals surface area contributed by atoms with E-state index in [9.17, 15) is 4.79 Å². The summed E-state index contributed by atoms with van der Waals surface area (Å²) in [6.07, 6.45) is 5.34. The standard InChI is InChI=1S/C19H22N6O/c1-14-4-2-6-17-22-23-19(25(14)17)24-11-3-5-16(13-24)18(26)21-12-15-7-9-20-10-8-15/h2,4,6-10,16H,3,5,11-13H2,1H3,(H,21,26). The smallest absolute Gasteiger partial charge is 0.231 e. The summed E-state index contributed by atoms with van der Waals surface area (Å²) in [4.78, 5) is 18.8. The lowest BCUT2D eigenvalue weighted by molar-refractivity contribution is -0.125. The second-order valence-electron chi connectivity index (χ2n) is 6.72. The van der Waals surface area contributed by atoms with Crippen molar-refractivity contribution in [2.45, 2.75) is 26.3 Å². The molecule has 1 N–H and O–H groups in total. The molecule has 7 heteroatoms. The van der Waals surface area contributed by atoms with Gasteiger partial charge in [0, 0.05) is 37.7 Å². The highest BCUT2D eigenvalue weighted by Gasteiger charge is 2.28. The van der Waals surface area contributed by atoms with Crippen LogP contribution in [0.15, 0.2) is 42.7 Å². The van der Waals surface area contributed by atoms with Crippen LogP contribution >= 0.6 is 0 Å². The van der Waals surface area contributed by atoms with Gasteiger partial charge in [-0.2, -0.15) is 0 Å². The van der Waals surface area contributed by atoms with Crippen molar-refractivity contribution in [3.63, 3.8) is 0 Å². The number of nitrogens with zero attached hydrogens (tertiary/aromatic N) is 5. The van der Waals surface area contributed by atoms with Gasteiger partial charge in [-0.1, -0.05) is 6.07 Å². The Morgan fingerprint density at radius 3 is 2.92 bits per heavy atom. The van der Waals surface area contributed by atoms with Gasteiger partial charge < -0.3 is 10.2 Å². The number of fused-ring (bicyclic) bond motifs is 1. The maximum Gasteiger partial charge on any atom is 0.231 e. The van der Waals surface area contributed by atoms with Gasteiger partial charge >= 0.3 is 0 Å². The molecule has 1 fully saturated rings. The summed E-state index contributed by atoms with van der Waals surface area (Å²) in [5, 5.41) is 11.7. The van der Waals surface area contributed by atoms with Gasteiger partial charge in [0.1, 0.15) is 0 Å². The van der Waals surface area contributed by atoms with Crippen molar-refractivity contribution in [3.8, 4) is 0 Å². The van der Waals surface area contributed by atoms with Crippen LogP contribution in [-0.4, -0.2) is 38.6 Å². The molecule has 3 aromatic heterocycles. The molecule has 0 aliphatic carbocycles. The molecule has 1 aliphatic rings. The van der Waals surface area contributed by atoms with Crippen LogP contribution in [0.25, 0.3) is 5.65 Å². The zero-order chi connectivity index (χ0) is 17.9. The molecule has 1 saturated heterocycles. The molecule has 1 aliphatic heterocycles. The van der Waals surface area contributed by atoms with Gasteiger partial charge in [0.15, 0.2) is 5.65 Å². The van der Waals surface area contributed by atoms with Crippen molar-refractivity contribution in [2.24, 2.45) is 5.92 Å². The summed E-state index contributed by atoms with van der Waals surface area (Å²) in [5.74, 6) is 0.878. The number of pyridine rings is 2. The fourth-order valence-electron chi connectivity index (χ4n) is 3.49. The summed E-state index contributed by atoms with van der Waals surface area (Å²) in [6.45, 7) is 4.13. The minimum Gasteiger partial charge on any atom is -0.352 e. The Morgan fingerprint density at radius 2 is 2.08 bits per heavy atom. The highest BCUT2D eigenvalue weighted by atomic mass is 16.1. The minimum atomic E-state index is -0.0399. The maximum atomic E-state index is 12.6. The van der Waals surface area contributed by atoms with E-state index in [1.165, 1.54) is 0 Å². The van der Waals surface area contributed by atoms with Gasteiger partial charge in [-0.25, -0.2) is 0 Å². The molecule has 0 radical (unpaired) electrons. The Hall–Kier alpha value is -2.96. The number of hydrogen-bond acceptors (Lipinski definition) is 5. The number of amides is 1. The summed E-state index contributed by atoms with van der Waals surface area (Å²) in [6, 6.07) is 9.81. The van der Waals surface area contributed by atoms with Gasteiger partial charge in [0.05, 0.1) is 5.92 Å². The summed E-state index contributed by atoms with van der Waals surface area (Å²) >= 11 is 0. The first-order chi connectivity index (χ1) is 12.7. The van der Waals surface area contributed by atoms with Gasteiger partial charge in [0.2, 0.25) is 11.9 Å². The van der Waals surface area contributed by atoms with E-state index in [1.54, 1.807) is 12.4 Å². The SMILES string of the molecule is Cc1cccc2nnc(N3CCCC(C(=O)NCc4ccncc4)C3)n12. The highest BCUT2D eigenvalue weighted by Crippen LogP contribution is 2.23. The van der Waals surface area contributed by atoms with Gasteiger partial charge in [-0.3, -0.25) is 14.2 Å². The minimum absolute atomic E-state index is 0.0399. The highest BCUT2D eigenvalue weighted by molar-refractivity contribution is 5.79. The molecular formula is C19H22N6O. The summed E-state index contributed by atoms with van der Waals surface area (Å²) in [5.41, 5.74) is 2.98. The third-order valence-electron chi connectivity index (χ3n) is 4.90. The molecule has 1 amide bonds. The number of nitrogens with one attached hydrogen (secondary N) is 1. The van der Waals surface area contributed by atoms with Crippen LogP contribution in [0, 0.1) is 12.8 Å². The molecule has 0 aromatic carbocycles. The van der Waals surface area contributed by atoms with Crippen molar-refractivity contribution in [1.82, 2.24) is 24.9 Å². The van der Waals surface area contributed by atoms with E-state index in [4.69, 9.17) is 0 Å². The van der Waals surface area contributed by atoms with Crippen LogP contribution in [0.1, 0.15) is 24.1 Å². The molecule has 7 nitrogen and oxygen atoms in total. The fourth-order valence-corrected chi connectivity index (χ4v) is 3.49. The van der Waals surface area contributed by atoms with Crippen LogP contribution in [-0.2, 0) is 11.3 Å². The number of carbonyl (C=O) groups is 1. The van der Waals surface area contributed by atoms with Gasteiger partial charge in [0.25, 0.3) is 0 Å². The molecule has 0 spiro atoms. The van der Waals surface area contributed by atoms with Crippen LogP contribution in [0.5, 0.6) is 0 Å². The predicted octanol–water partition coefficient (Wildman–Crippen LogP) is 1.97. The Morgan fingerprint density at radius 1 is 1.23 bits per heavy atom. The Balaban J connectivity index is 1.46.